The summed E-state index contributed by atoms with van der Waals surface area (Å²) in [6.45, 7) is 8.73. The lowest BCUT2D eigenvalue weighted by Crippen LogP contribution is -2.45. The van der Waals surface area contributed by atoms with E-state index in [1.54, 1.807) is 6.07 Å². The molecule has 1 aromatic carbocycles. The van der Waals surface area contributed by atoms with Crippen LogP contribution in [-0.2, 0) is 0 Å². The summed E-state index contributed by atoms with van der Waals surface area (Å²) in [5.74, 6) is 1.43. The molecule has 18 heavy (non-hydrogen) atoms. The van der Waals surface area contributed by atoms with Gasteiger partial charge in [-0.2, -0.15) is 0 Å². The second-order valence-electron chi connectivity index (χ2n) is 5.84. The number of nitrogens with one attached hydrogen (secondary N) is 1. The smallest absolute Gasteiger partial charge is 0.145 e. The summed E-state index contributed by atoms with van der Waals surface area (Å²) in [7, 11) is 0. The van der Waals surface area contributed by atoms with E-state index in [-0.39, 0.29) is 18.0 Å². The molecule has 0 spiro atoms. The highest BCUT2D eigenvalue weighted by Crippen LogP contribution is 2.35. The number of fused-ring (bicyclic) bond motifs is 1. The maximum absolute atomic E-state index is 13.2. The molecule has 1 aliphatic rings. The molecule has 1 N–H and O–H groups in total. The summed E-state index contributed by atoms with van der Waals surface area (Å²) >= 11 is 0. The van der Waals surface area contributed by atoms with Crippen LogP contribution in [0.2, 0.25) is 0 Å². The molecule has 0 amide bonds. The van der Waals surface area contributed by atoms with Crippen molar-refractivity contribution in [3.05, 3.63) is 24.0 Å². The van der Waals surface area contributed by atoms with E-state index in [0.717, 1.165) is 12.1 Å². The Bertz CT molecular complexity index is 417. The molecule has 2 nitrogen and oxygen atoms in total. The SMILES string of the molecule is CC(C)CC1Oc2cc(F)ccc2NC1C(C)C. The van der Waals surface area contributed by atoms with E-state index in [0.29, 0.717) is 17.6 Å². The summed E-state index contributed by atoms with van der Waals surface area (Å²) < 4.78 is 19.2. The van der Waals surface area contributed by atoms with Gasteiger partial charge in [0, 0.05) is 6.07 Å². The molecular formula is C15H22FNO. The summed E-state index contributed by atoms with van der Waals surface area (Å²) in [5.41, 5.74) is 0.898. The molecule has 0 saturated heterocycles. The van der Waals surface area contributed by atoms with E-state index in [9.17, 15) is 4.39 Å². The van der Waals surface area contributed by atoms with Crippen LogP contribution in [0, 0.1) is 17.7 Å². The highest BCUT2D eigenvalue weighted by atomic mass is 19.1. The molecule has 0 saturated carbocycles. The fraction of sp³-hybridized carbons (Fsp3) is 0.600. The van der Waals surface area contributed by atoms with Crippen molar-refractivity contribution in [1.29, 1.82) is 0 Å². The first-order chi connectivity index (χ1) is 8.47. The monoisotopic (exact) mass is 251 g/mol. The lowest BCUT2D eigenvalue weighted by molar-refractivity contribution is 0.125. The highest BCUT2D eigenvalue weighted by Gasteiger charge is 2.32. The van der Waals surface area contributed by atoms with E-state index >= 15 is 0 Å². The number of halogens is 1. The van der Waals surface area contributed by atoms with E-state index in [2.05, 4.69) is 33.0 Å². The summed E-state index contributed by atoms with van der Waals surface area (Å²) in [6.07, 6.45) is 1.09. The standard InChI is InChI=1S/C15H22FNO/c1-9(2)7-14-15(10(3)4)17-12-6-5-11(16)8-13(12)18-14/h5-6,8-10,14-15,17H,7H2,1-4H3. The van der Waals surface area contributed by atoms with Gasteiger partial charge in [0.25, 0.3) is 0 Å². The van der Waals surface area contributed by atoms with Gasteiger partial charge in [-0.15, -0.1) is 0 Å². The van der Waals surface area contributed by atoms with Crippen LogP contribution < -0.4 is 10.1 Å². The van der Waals surface area contributed by atoms with Crippen LogP contribution in [0.5, 0.6) is 5.75 Å². The average Bonchev–Trinajstić information content (AvgIpc) is 2.26. The molecule has 2 rings (SSSR count). The van der Waals surface area contributed by atoms with Gasteiger partial charge >= 0.3 is 0 Å². The Morgan fingerprint density at radius 2 is 2.00 bits per heavy atom. The Balaban J connectivity index is 2.25. The Labute approximate surface area is 109 Å². The predicted molar refractivity (Wildman–Crippen MR) is 72.5 cm³/mol. The van der Waals surface area contributed by atoms with Crippen molar-refractivity contribution in [1.82, 2.24) is 0 Å². The topological polar surface area (TPSA) is 21.3 Å². The molecule has 2 unspecified atom stereocenters. The Hall–Kier alpha value is -1.25. The van der Waals surface area contributed by atoms with Gasteiger partial charge < -0.3 is 10.1 Å². The van der Waals surface area contributed by atoms with Crippen LogP contribution in [0.4, 0.5) is 10.1 Å². The van der Waals surface area contributed by atoms with Crippen LogP contribution in [0.1, 0.15) is 34.1 Å². The summed E-state index contributed by atoms with van der Waals surface area (Å²) in [5, 5.41) is 3.49. The van der Waals surface area contributed by atoms with Crippen LogP contribution in [0.15, 0.2) is 18.2 Å². The minimum absolute atomic E-state index is 0.110. The van der Waals surface area contributed by atoms with Gasteiger partial charge in [0.15, 0.2) is 0 Å². The Morgan fingerprint density at radius 3 is 2.61 bits per heavy atom. The predicted octanol–water partition coefficient (Wildman–Crippen LogP) is 4.07. The number of benzene rings is 1. The van der Waals surface area contributed by atoms with Crippen LogP contribution in [-0.4, -0.2) is 12.1 Å². The number of ether oxygens (including phenoxy) is 1. The minimum atomic E-state index is -0.248. The molecule has 0 bridgehead atoms. The zero-order valence-corrected chi connectivity index (χ0v) is 11.5. The van der Waals surface area contributed by atoms with Crippen molar-refractivity contribution in [3.63, 3.8) is 0 Å². The third kappa shape index (κ3) is 2.77. The van der Waals surface area contributed by atoms with Crippen molar-refractivity contribution >= 4 is 5.69 Å². The molecule has 1 aromatic rings. The van der Waals surface area contributed by atoms with Gasteiger partial charge in [0.1, 0.15) is 17.7 Å². The molecule has 1 aliphatic heterocycles. The first-order valence-corrected chi connectivity index (χ1v) is 6.70. The first-order valence-electron chi connectivity index (χ1n) is 6.70. The minimum Gasteiger partial charge on any atom is -0.486 e. The molecule has 0 aromatic heterocycles. The van der Waals surface area contributed by atoms with Gasteiger partial charge in [-0.25, -0.2) is 4.39 Å². The van der Waals surface area contributed by atoms with Gasteiger partial charge in [0.05, 0.1) is 11.7 Å². The molecule has 0 fully saturated rings. The second kappa shape index (κ2) is 5.17. The molecule has 2 atom stereocenters. The number of hydrogen-bond acceptors (Lipinski definition) is 2. The van der Waals surface area contributed by atoms with Crippen LogP contribution >= 0.6 is 0 Å². The van der Waals surface area contributed by atoms with E-state index < -0.39 is 0 Å². The normalized spacial score (nSPS) is 22.6. The maximum Gasteiger partial charge on any atom is 0.145 e. The highest BCUT2D eigenvalue weighted by molar-refractivity contribution is 5.59. The van der Waals surface area contributed by atoms with Crippen molar-refractivity contribution in [2.24, 2.45) is 11.8 Å². The van der Waals surface area contributed by atoms with Crippen LogP contribution in [0.25, 0.3) is 0 Å². The molecule has 1 heterocycles. The molecule has 0 radical (unpaired) electrons. The van der Waals surface area contributed by atoms with Crippen molar-refractivity contribution < 1.29 is 9.13 Å². The first kappa shape index (κ1) is 13.2. The van der Waals surface area contributed by atoms with Gasteiger partial charge in [-0.3, -0.25) is 0 Å². The van der Waals surface area contributed by atoms with E-state index in [1.807, 2.05) is 0 Å². The molecule has 100 valence electrons. The van der Waals surface area contributed by atoms with Crippen molar-refractivity contribution in [2.75, 3.05) is 5.32 Å². The molecule has 0 aliphatic carbocycles. The van der Waals surface area contributed by atoms with Gasteiger partial charge in [-0.05, 0) is 30.4 Å². The van der Waals surface area contributed by atoms with Gasteiger partial charge in [-0.1, -0.05) is 27.7 Å². The van der Waals surface area contributed by atoms with E-state index in [1.165, 1.54) is 12.1 Å². The average molecular weight is 251 g/mol. The molecule has 3 heteroatoms. The van der Waals surface area contributed by atoms with Crippen LogP contribution in [0.3, 0.4) is 0 Å². The second-order valence-corrected chi connectivity index (χ2v) is 5.84. The fourth-order valence-electron chi connectivity index (χ4n) is 2.48. The number of anilines is 1. The maximum atomic E-state index is 13.2. The number of rotatable bonds is 3. The zero-order chi connectivity index (χ0) is 13.3. The quantitative estimate of drug-likeness (QED) is 0.874. The van der Waals surface area contributed by atoms with E-state index in [4.69, 9.17) is 4.74 Å². The lowest BCUT2D eigenvalue weighted by atomic mass is 9.91. The largest absolute Gasteiger partial charge is 0.486 e. The molecular weight excluding hydrogens is 229 g/mol. The van der Waals surface area contributed by atoms with Crippen molar-refractivity contribution in [3.8, 4) is 5.75 Å². The Kier molecular flexibility index (Phi) is 3.79. The lowest BCUT2D eigenvalue weighted by Gasteiger charge is -2.38. The summed E-state index contributed by atoms with van der Waals surface area (Å²) in [6, 6.07) is 4.97. The number of hydrogen-bond donors (Lipinski definition) is 1. The zero-order valence-electron chi connectivity index (χ0n) is 11.5. The summed E-state index contributed by atoms with van der Waals surface area (Å²) in [4.78, 5) is 0. The fourth-order valence-corrected chi connectivity index (χ4v) is 2.48. The third-order valence-corrected chi connectivity index (χ3v) is 3.37. The van der Waals surface area contributed by atoms with Gasteiger partial charge in [0.2, 0.25) is 0 Å². The Morgan fingerprint density at radius 1 is 1.28 bits per heavy atom. The van der Waals surface area contributed by atoms with Crippen molar-refractivity contribution in [2.45, 2.75) is 46.3 Å². The third-order valence-electron chi connectivity index (χ3n) is 3.37.